The molecule has 1 amide bonds. The van der Waals surface area contributed by atoms with Crippen LogP contribution in [-0.4, -0.2) is 42.0 Å². The molecule has 0 unspecified atom stereocenters. The highest BCUT2D eigenvalue weighted by Gasteiger charge is 2.23. The number of aryl methyl sites for hydroxylation is 2. The summed E-state index contributed by atoms with van der Waals surface area (Å²) in [5.41, 5.74) is 5.44. The van der Waals surface area contributed by atoms with E-state index in [9.17, 15) is 4.79 Å². The van der Waals surface area contributed by atoms with Crippen molar-refractivity contribution in [2.75, 3.05) is 31.1 Å². The SMILES string of the molecule is CCN(CC)CCN(C(=O)c1ccc(C(C)(C)C)cc1)c1nc2cc(C)c(C)cc2s1. The summed E-state index contributed by atoms with van der Waals surface area (Å²) in [6.45, 7) is 18.5. The van der Waals surface area contributed by atoms with E-state index >= 15 is 0 Å². The zero-order valence-electron chi connectivity index (χ0n) is 20.0. The highest BCUT2D eigenvalue weighted by Crippen LogP contribution is 2.32. The fourth-order valence-electron chi connectivity index (χ4n) is 3.62. The third-order valence-corrected chi connectivity index (χ3v) is 7.04. The van der Waals surface area contributed by atoms with Gasteiger partial charge in [0.15, 0.2) is 5.13 Å². The van der Waals surface area contributed by atoms with Gasteiger partial charge in [-0.2, -0.15) is 0 Å². The Labute approximate surface area is 190 Å². The summed E-state index contributed by atoms with van der Waals surface area (Å²) in [7, 11) is 0. The minimum absolute atomic E-state index is 0.0140. The first-order valence-electron chi connectivity index (χ1n) is 11.2. The van der Waals surface area contributed by atoms with Gasteiger partial charge in [0.2, 0.25) is 0 Å². The Morgan fingerprint density at radius 3 is 2.16 bits per heavy atom. The summed E-state index contributed by atoms with van der Waals surface area (Å²) in [4.78, 5) is 22.6. The number of rotatable bonds is 7. The molecule has 0 aliphatic heterocycles. The van der Waals surface area contributed by atoms with Gasteiger partial charge in [0.25, 0.3) is 5.91 Å². The number of aromatic nitrogens is 1. The Balaban J connectivity index is 1.96. The van der Waals surface area contributed by atoms with Crippen molar-refractivity contribution in [2.24, 2.45) is 0 Å². The molecule has 5 heteroatoms. The molecule has 0 bridgehead atoms. The lowest BCUT2D eigenvalue weighted by molar-refractivity contribution is 0.0983. The lowest BCUT2D eigenvalue weighted by atomic mass is 9.86. The highest BCUT2D eigenvalue weighted by atomic mass is 32.1. The van der Waals surface area contributed by atoms with Crippen LogP contribution in [0, 0.1) is 13.8 Å². The average molecular weight is 438 g/mol. The fraction of sp³-hybridized carbons (Fsp3) is 0.462. The molecule has 1 heterocycles. The normalized spacial score (nSPS) is 12.0. The topological polar surface area (TPSA) is 36.4 Å². The summed E-state index contributed by atoms with van der Waals surface area (Å²) in [6.07, 6.45) is 0. The highest BCUT2D eigenvalue weighted by molar-refractivity contribution is 7.22. The van der Waals surface area contributed by atoms with Crippen LogP contribution >= 0.6 is 11.3 Å². The Morgan fingerprint density at radius 1 is 0.968 bits per heavy atom. The van der Waals surface area contributed by atoms with Gasteiger partial charge in [-0.3, -0.25) is 9.69 Å². The largest absolute Gasteiger partial charge is 0.302 e. The van der Waals surface area contributed by atoms with E-state index in [-0.39, 0.29) is 11.3 Å². The smallest absolute Gasteiger partial charge is 0.260 e. The van der Waals surface area contributed by atoms with Crippen LogP contribution < -0.4 is 4.90 Å². The van der Waals surface area contributed by atoms with Crippen LogP contribution in [0.5, 0.6) is 0 Å². The van der Waals surface area contributed by atoms with E-state index in [1.807, 2.05) is 17.0 Å². The van der Waals surface area contributed by atoms with Crippen molar-refractivity contribution >= 4 is 32.6 Å². The molecule has 0 atom stereocenters. The number of nitrogens with zero attached hydrogens (tertiary/aromatic N) is 3. The van der Waals surface area contributed by atoms with Crippen molar-refractivity contribution in [3.8, 4) is 0 Å². The Morgan fingerprint density at radius 2 is 1.58 bits per heavy atom. The zero-order chi connectivity index (χ0) is 22.8. The molecule has 0 saturated heterocycles. The number of amides is 1. The van der Waals surface area contributed by atoms with Crippen LogP contribution in [0.25, 0.3) is 10.2 Å². The van der Waals surface area contributed by atoms with Gasteiger partial charge >= 0.3 is 0 Å². The molecule has 0 radical (unpaired) electrons. The van der Waals surface area contributed by atoms with Gasteiger partial charge in [-0.1, -0.05) is 58.1 Å². The Bertz CT molecular complexity index is 1000. The van der Waals surface area contributed by atoms with Crippen molar-refractivity contribution in [1.82, 2.24) is 9.88 Å². The summed E-state index contributed by atoms with van der Waals surface area (Å²) >= 11 is 1.60. The molecule has 0 aliphatic carbocycles. The predicted octanol–water partition coefficient (Wildman–Crippen LogP) is 6.20. The number of fused-ring (bicyclic) bond motifs is 1. The molecule has 0 saturated carbocycles. The summed E-state index contributed by atoms with van der Waals surface area (Å²) in [5.74, 6) is 0.0140. The van der Waals surface area contributed by atoms with Gasteiger partial charge in [-0.15, -0.1) is 0 Å². The first-order chi connectivity index (χ1) is 14.6. The Kier molecular flexibility index (Phi) is 7.17. The van der Waals surface area contributed by atoms with Gasteiger partial charge in [-0.05, 0) is 73.3 Å². The molecule has 4 nitrogen and oxygen atoms in total. The maximum Gasteiger partial charge on any atom is 0.260 e. The van der Waals surface area contributed by atoms with E-state index in [1.54, 1.807) is 11.3 Å². The number of thiazole rings is 1. The zero-order valence-corrected chi connectivity index (χ0v) is 20.8. The summed E-state index contributed by atoms with van der Waals surface area (Å²) in [5, 5.41) is 0.775. The van der Waals surface area contributed by atoms with E-state index in [1.165, 1.54) is 16.7 Å². The van der Waals surface area contributed by atoms with Crippen molar-refractivity contribution < 1.29 is 4.79 Å². The minimum Gasteiger partial charge on any atom is -0.302 e. The molecular weight excluding hydrogens is 402 g/mol. The molecule has 2 aromatic carbocycles. The average Bonchev–Trinajstić information content (AvgIpc) is 3.13. The predicted molar refractivity (Wildman–Crippen MR) is 134 cm³/mol. The second-order valence-electron chi connectivity index (χ2n) is 9.21. The fourth-order valence-corrected chi connectivity index (χ4v) is 4.69. The van der Waals surface area contributed by atoms with Crippen molar-refractivity contribution in [3.05, 3.63) is 58.7 Å². The van der Waals surface area contributed by atoms with Gasteiger partial charge in [0, 0.05) is 18.7 Å². The van der Waals surface area contributed by atoms with E-state index in [0.717, 1.165) is 35.0 Å². The van der Waals surface area contributed by atoms with Crippen molar-refractivity contribution in [2.45, 2.75) is 53.9 Å². The first kappa shape index (κ1) is 23.4. The molecule has 1 aromatic heterocycles. The molecule has 0 fully saturated rings. The number of anilines is 1. The monoisotopic (exact) mass is 437 g/mol. The van der Waals surface area contributed by atoms with E-state index in [2.05, 4.69) is 77.6 Å². The number of hydrogen-bond acceptors (Lipinski definition) is 4. The van der Waals surface area contributed by atoms with Crippen LogP contribution in [0.4, 0.5) is 5.13 Å². The van der Waals surface area contributed by atoms with Gasteiger partial charge < -0.3 is 4.90 Å². The standard InChI is InChI=1S/C26H35N3OS/c1-8-28(9-2)14-15-29(24(30)20-10-12-21(13-11-20)26(5,6)7)25-27-22-16-18(3)19(4)17-23(22)31-25/h10-13,16-17H,8-9,14-15H2,1-7H3. The first-order valence-corrected chi connectivity index (χ1v) is 12.0. The van der Waals surface area contributed by atoms with Crippen LogP contribution in [0.3, 0.4) is 0 Å². The molecule has 0 spiro atoms. The molecular formula is C26H35N3OS. The second-order valence-corrected chi connectivity index (χ2v) is 10.2. The third kappa shape index (κ3) is 5.34. The number of carbonyl (C=O) groups is 1. The number of carbonyl (C=O) groups excluding carboxylic acids is 1. The second kappa shape index (κ2) is 9.49. The summed E-state index contributed by atoms with van der Waals surface area (Å²) < 4.78 is 1.13. The number of likely N-dealkylation sites (N-methyl/N-ethyl adjacent to an activating group) is 1. The number of benzene rings is 2. The van der Waals surface area contributed by atoms with Gasteiger partial charge in [0.1, 0.15) is 0 Å². The maximum atomic E-state index is 13.6. The quantitative estimate of drug-likeness (QED) is 0.441. The molecule has 0 N–H and O–H groups in total. The molecule has 0 aliphatic rings. The molecule has 3 rings (SSSR count). The molecule has 166 valence electrons. The van der Waals surface area contributed by atoms with E-state index < -0.39 is 0 Å². The van der Waals surface area contributed by atoms with Gasteiger partial charge in [0.05, 0.1) is 10.2 Å². The van der Waals surface area contributed by atoms with Gasteiger partial charge in [-0.25, -0.2) is 4.98 Å². The summed E-state index contributed by atoms with van der Waals surface area (Å²) in [6, 6.07) is 12.3. The van der Waals surface area contributed by atoms with Crippen LogP contribution in [0.2, 0.25) is 0 Å². The minimum atomic E-state index is 0.0140. The molecule has 31 heavy (non-hydrogen) atoms. The van der Waals surface area contributed by atoms with Crippen LogP contribution in [0.15, 0.2) is 36.4 Å². The van der Waals surface area contributed by atoms with Crippen LogP contribution in [-0.2, 0) is 5.41 Å². The number of hydrogen-bond donors (Lipinski definition) is 0. The maximum absolute atomic E-state index is 13.6. The van der Waals surface area contributed by atoms with Crippen molar-refractivity contribution in [3.63, 3.8) is 0 Å². The van der Waals surface area contributed by atoms with Crippen molar-refractivity contribution in [1.29, 1.82) is 0 Å². The van der Waals surface area contributed by atoms with Crippen LogP contribution in [0.1, 0.15) is 61.7 Å². The third-order valence-electron chi connectivity index (χ3n) is 6.00. The lowest BCUT2D eigenvalue weighted by Gasteiger charge is -2.25. The molecule has 3 aromatic rings. The van der Waals surface area contributed by atoms with E-state index in [4.69, 9.17) is 4.98 Å². The Hall–Kier alpha value is -2.24. The van der Waals surface area contributed by atoms with E-state index in [0.29, 0.717) is 12.1 Å². The lowest BCUT2D eigenvalue weighted by Crippen LogP contribution is -2.38.